The smallest absolute Gasteiger partial charge is 0.327 e. The maximum absolute atomic E-state index is 12.4. The van der Waals surface area contributed by atoms with Crippen LogP contribution in [0.5, 0.6) is 0 Å². The SMILES string of the molecule is O=c1[nH]c(=O)c2nc(CNc3ccc(S(=O)(=O)Nc4ccccn4)cc3)cnc2[nH]1. The van der Waals surface area contributed by atoms with Crippen LogP contribution in [0.25, 0.3) is 11.2 Å². The van der Waals surface area contributed by atoms with E-state index in [0.29, 0.717) is 11.4 Å². The number of hydrogen-bond acceptors (Lipinski definition) is 8. The van der Waals surface area contributed by atoms with E-state index in [4.69, 9.17) is 0 Å². The fourth-order valence-corrected chi connectivity index (χ4v) is 3.63. The highest BCUT2D eigenvalue weighted by atomic mass is 32.2. The van der Waals surface area contributed by atoms with E-state index in [1.54, 1.807) is 30.3 Å². The number of pyridine rings is 1. The molecule has 0 amide bonds. The molecular formula is C18H15N7O4S. The highest BCUT2D eigenvalue weighted by Gasteiger charge is 2.14. The van der Waals surface area contributed by atoms with Crippen LogP contribution in [-0.4, -0.2) is 33.3 Å². The van der Waals surface area contributed by atoms with Crippen LogP contribution in [0, 0.1) is 0 Å². The average Bonchev–Trinajstić information content (AvgIpc) is 2.73. The van der Waals surface area contributed by atoms with E-state index in [2.05, 4.69) is 35.0 Å². The zero-order chi connectivity index (χ0) is 21.1. The molecule has 0 saturated heterocycles. The van der Waals surface area contributed by atoms with Gasteiger partial charge in [0.15, 0.2) is 11.2 Å². The molecule has 30 heavy (non-hydrogen) atoms. The van der Waals surface area contributed by atoms with Crippen molar-refractivity contribution in [2.75, 3.05) is 10.0 Å². The van der Waals surface area contributed by atoms with Gasteiger partial charge in [-0.2, -0.15) is 0 Å². The number of benzene rings is 1. The Morgan fingerprint density at radius 3 is 2.50 bits per heavy atom. The van der Waals surface area contributed by atoms with Crippen molar-refractivity contribution in [3.8, 4) is 0 Å². The summed E-state index contributed by atoms with van der Waals surface area (Å²) in [5.41, 5.74) is -0.0469. The van der Waals surface area contributed by atoms with Crippen molar-refractivity contribution in [3.05, 3.63) is 81.4 Å². The van der Waals surface area contributed by atoms with Gasteiger partial charge in [-0.1, -0.05) is 6.07 Å². The van der Waals surface area contributed by atoms with Crippen molar-refractivity contribution in [1.29, 1.82) is 0 Å². The highest BCUT2D eigenvalue weighted by molar-refractivity contribution is 7.92. The Kier molecular flexibility index (Phi) is 4.98. The molecule has 0 aliphatic heterocycles. The molecule has 4 rings (SSSR count). The van der Waals surface area contributed by atoms with Gasteiger partial charge in [-0.25, -0.2) is 28.2 Å². The third-order valence-corrected chi connectivity index (χ3v) is 5.41. The number of sulfonamides is 1. The summed E-state index contributed by atoms with van der Waals surface area (Å²) in [6.07, 6.45) is 2.92. The molecule has 152 valence electrons. The van der Waals surface area contributed by atoms with Crippen molar-refractivity contribution in [2.24, 2.45) is 0 Å². The number of fused-ring (bicyclic) bond motifs is 1. The summed E-state index contributed by atoms with van der Waals surface area (Å²) in [4.78, 5) is 39.8. The Morgan fingerprint density at radius 2 is 1.77 bits per heavy atom. The second kappa shape index (κ2) is 7.75. The molecule has 0 aliphatic carbocycles. The number of nitrogens with zero attached hydrogens (tertiary/aromatic N) is 3. The van der Waals surface area contributed by atoms with E-state index < -0.39 is 21.3 Å². The molecule has 0 unspecified atom stereocenters. The number of anilines is 2. The third-order valence-electron chi connectivity index (χ3n) is 4.04. The van der Waals surface area contributed by atoms with Crippen LogP contribution in [-0.2, 0) is 16.6 Å². The number of H-pyrrole nitrogens is 2. The molecule has 0 radical (unpaired) electrons. The monoisotopic (exact) mass is 425 g/mol. The van der Waals surface area contributed by atoms with Crippen LogP contribution in [0.15, 0.2) is 69.3 Å². The first-order valence-electron chi connectivity index (χ1n) is 8.67. The Labute approximate surface area is 169 Å². The predicted octanol–water partition coefficient (Wildman–Crippen LogP) is 0.814. The molecule has 12 heteroatoms. The molecule has 0 saturated carbocycles. The van der Waals surface area contributed by atoms with E-state index in [0.717, 1.165) is 0 Å². The van der Waals surface area contributed by atoms with Crippen molar-refractivity contribution in [1.82, 2.24) is 24.9 Å². The Hall–Kier alpha value is -4.06. The normalized spacial score (nSPS) is 11.3. The van der Waals surface area contributed by atoms with E-state index in [9.17, 15) is 18.0 Å². The van der Waals surface area contributed by atoms with Gasteiger partial charge in [-0.05, 0) is 36.4 Å². The third kappa shape index (κ3) is 4.17. The van der Waals surface area contributed by atoms with Crippen LogP contribution < -0.4 is 21.3 Å². The van der Waals surface area contributed by atoms with E-state index >= 15 is 0 Å². The summed E-state index contributed by atoms with van der Waals surface area (Å²) < 4.78 is 27.3. The quantitative estimate of drug-likeness (QED) is 0.353. The summed E-state index contributed by atoms with van der Waals surface area (Å²) in [6, 6.07) is 11.0. The Balaban J connectivity index is 1.47. The van der Waals surface area contributed by atoms with Gasteiger partial charge < -0.3 is 5.32 Å². The molecule has 0 spiro atoms. The second-order valence-electron chi connectivity index (χ2n) is 6.17. The van der Waals surface area contributed by atoms with Gasteiger partial charge in [0.05, 0.1) is 23.3 Å². The zero-order valence-corrected chi connectivity index (χ0v) is 16.1. The van der Waals surface area contributed by atoms with Gasteiger partial charge in [0.2, 0.25) is 0 Å². The minimum Gasteiger partial charge on any atom is -0.379 e. The van der Waals surface area contributed by atoms with Crippen LogP contribution >= 0.6 is 0 Å². The lowest BCUT2D eigenvalue weighted by Crippen LogP contribution is -2.23. The first kappa shape index (κ1) is 19.3. The van der Waals surface area contributed by atoms with E-state index in [1.807, 2.05) is 0 Å². The minimum atomic E-state index is -3.76. The zero-order valence-electron chi connectivity index (χ0n) is 15.3. The fraction of sp³-hybridized carbons (Fsp3) is 0.0556. The molecule has 3 aromatic heterocycles. The van der Waals surface area contributed by atoms with Crippen molar-refractivity contribution < 1.29 is 8.42 Å². The predicted molar refractivity (Wildman–Crippen MR) is 110 cm³/mol. The molecule has 0 atom stereocenters. The number of aromatic nitrogens is 5. The Morgan fingerprint density at radius 1 is 0.967 bits per heavy atom. The average molecular weight is 425 g/mol. The molecule has 0 bridgehead atoms. The summed E-state index contributed by atoms with van der Waals surface area (Å²) in [5.74, 6) is 0.228. The van der Waals surface area contributed by atoms with Gasteiger partial charge in [0.25, 0.3) is 15.6 Å². The van der Waals surface area contributed by atoms with Crippen LogP contribution in [0.2, 0.25) is 0 Å². The number of hydrogen-bond donors (Lipinski definition) is 4. The fourth-order valence-electron chi connectivity index (χ4n) is 2.63. The number of rotatable bonds is 6. The summed E-state index contributed by atoms with van der Waals surface area (Å²) in [7, 11) is -3.76. The van der Waals surface area contributed by atoms with Gasteiger partial charge in [0.1, 0.15) is 5.82 Å². The van der Waals surface area contributed by atoms with Gasteiger partial charge >= 0.3 is 5.69 Å². The standard InChI is InChI=1S/C18H15N7O4S/c26-17-15-16(23-18(27)24-17)21-10-12(22-15)9-20-11-4-6-13(7-5-11)30(28,29)25-14-3-1-2-8-19-14/h1-8,10,20H,9H2,(H,19,25)(H2,21,23,24,26,27). The summed E-state index contributed by atoms with van der Waals surface area (Å²) >= 11 is 0. The van der Waals surface area contributed by atoms with Gasteiger partial charge in [-0.3, -0.25) is 19.5 Å². The van der Waals surface area contributed by atoms with Crippen LogP contribution in [0.4, 0.5) is 11.5 Å². The second-order valence-corrected chi connectivity index (χ2v) is 7.85. The molecule has 0 aliphatic rings. The number of nitrogens with one attached hydrogen (secondary N) is 4. The summed E-state index contributed by atoms with van der Waals surface area (Å²) in [6.45, 7) is 0.236. The molecule has 4 N–H and O–H groups in total. The summed E-state index contributed by atoms with van der Waals surface area (Å²) in [5, 5.41) is 3.07. The number of aromatic amines is 2. The van der Waals surface area contributed by atoms with Crippen LogP contribution in [0.3, 0.4) is 0 Å². The molecule has 11 nitrogen and oxygen atoms in total. The maximum atomic E-state index is 12.4. The first-order chi connectivity index (χ1) is 14.4. The topological polar surface area (TPSA) is 163 Å². The van der Waals surface area contributed by atoms with Crippen LogP contribution in [0.1, 0.15) is 5.69 Å². The molecule has 3 heterocycles. The van der Waals surface area contributed by atoms with Gasteiger partial charge in [-0.15, -0.1) is 0 Å². The van der Waals surface area contributed by atoms with Gasteiger partial charge in [0, 0.05) is 11.9 Å². The molecule has 4 aromatic rings. The lowest BCUT2D eigenvalue weighted by Gasteiger charge is -2.09. The highest BCUT2D eigenvalue weighted by Crippen LogP contribution is 2.17. The minimum absolute atomic E-state index is 0.0240. The van der Waals surface area contributed by atoms with E-state index in [-0.39, 0.29) is 28.4 Å². The lowest BCUT2D eigenvalue weighted by atomic mass is 10.3. The van der Waals surface area contributed by atoms with Crippen molar-refractivity contribution in [3.63, 3.8) is 0 Å². The molecule has 1 aromatic carbocycles. The molecule has 0 fully saturated rings. The van der Waals surface area contributed by atoms with E-state index in [1.165, 1.54) is 24.5 Å². The van der Waals surface area contributed by atoms with Crippen molar-refractivity contribution >= 4 is 32.7 Å². The van der Waals surface area contributed by atoms with Crippen molar-refractivity contribution in [2.45, 2.75) is 11.4 Å². The maximum Gasteiger partial charge on any atom is 0.327 e. The Bertz CT molecular complexity index is 1420. The molecular weight excluding hydrogens is 410 g/mol. The lowest BCUT2D eigenvalue weighted by molar-refractivity contribution is 0.601. The first-order valence-corrected chi connectivity index (χ1v) is 10.1. The largest absolute Gasteiger partial charge is 0.379 e.